The van der Waals surface area contributed by atoms with Gasteiger partial charge >= 0.3 is 0 Å². The molecular weight excluding hydrogens is 813 g/mol. The smallest absolute Gasteiger partial charge is 0.164 e. The third kappa shape index (κ3) is 6.49. The van der Waals surface area contributed by atoms with Gasteiger partial charge in [0.2, 0.25) is 0 Å². The zero-order valence-corrected chi connectivity index (χ0v) is 36.4. The normalized spacial score (nSPS) is 11.6. The maximum absolute atomic E-state index is 5.50. The van der Waals surface area contributed by atoms with Crippen molar-refractivity contribution in [3.63, 3.8) is 0 Å². The minimum atomic E-state index is 0.601. The van der Waals surface area contributed by atoms with Crippen LogP contribution in [-0.2, 0) is 0 Å². The molecule has 0 atom stereocenters. The van der Waals surface area contributed by atoms with Crippen molar-refractivity contribution in [1.82, 2.24) is 19.5 Å². The van der Waals surface area contributed by atoms with Gasteiger partial charge in [0.1, 0.15) is 0 Å². The molecule has 0 saturated heterocycles. The molecule has 4 nitrogen and oxygen atoms in total. The standard InChI is InChI=1S/C63H40N4/c1-2-18-41(19-3-1)49-26-8-11-31-55(49)62-64-61(45-38-36-44(37-39-45)47-32-16-22-42-20-4-6-24-46(42)47)65-63(66-62)56-40-59(67-57-34-14-12-28-51(57)52-29-13-15-35-58(52)67)60(54-30-10-9-27-50(54)56)53-33-17-23-43-21-5-7-25-48(43)53/h1-40H. The maximum Gasteiger partial charge on any atom is 0.164 e. The number of nitrogens with zero attached hydrogens (tertiary/aromatic N) is 4. The van der Waals surface area contributed by atoms with E-state index in [1.54, 1.807) is 0 Å². The van der Waals surface area contributed by atoms with Gasteiger partial charge in [-0.2, -0.15) is 0 Å². The zero-order chi connectivity index (χ0) is 44.3. The van der Waals surface area contributed by atoms with Crippen molar-refractivity contribution in [3.05, 3.63) is 243 Å². The van der Waals surface area contributed by atoms with Gasteiger partial charge in [-0.25, -0.2) is 15.0 Å². The highest BCUT2D eigenvalue weighted by atomic mass is 15.0. The molecule has 2 aromatic heterocycles. The van der Waals surface area contributed by atoms with Crippen LogP contribution in [0.1, 0.15) is 0 Å². The third-order valence-corrected chi connectivity index (χ3v) is 13.3. The Morgan fingerprint density at radius 2 is 0.687 bits per heavy atom. The molecule has 11 aromatic carbocycles. The minimum absolute atomic E-state index is 0.601. The molecule has 312 valence electrons. The number of rotatable bonds is 7. The summed E-state index contributed by atoms with van der Waals surface area (Å²) in [5.41, 5.74) is 12.9. The number of hydrogen-bond acceptors (Lipinski definition) is 3. The van der Waals surface area contributed by atoms with E-state index in [-0.39, 0.29) is 0 Å². The van der Waals surface area contributed by atoms with E-state index >= 15 is 0 Å². The van der Waals surface area contributed by atoms with E-state index in [1.165, 1.54) is 37.9 Å². The van der Waals surface area contributed by atoms with E-state index in [4.69, 9.17) is 15.0 Å². The Bertz CT molecular complexity index is 3970. The first-order valence-corrected chi connectivity index (χ1v) is 22.8. The van der Waals surface area contributed by atoms with Crippen molar-refractivity contribution in [1.29, 1.82) is 0 Å². The van der Waals surface area contributed by atoms with Gasteiger partial charge in [0.15, 0.2) is 17.5 Å². The molecule has 0 aliphatic carbocycles. The molecular formula is C63H40N4. The summed E-state index contributed by atoms with van der Waals surface area (Å²) in [5, 5.41) is 9.39. The van der Waals surface area contributed by atoms with Crippen LogP contribution in [0.4, 0.5) is 0 Å². The molecule has 0 bridgehead atoms. The van der Waals surface area contributed by atoms with Crippen LogP contribution in [0.3, 0.4) is 0 Å². The highest BCUT2D eigenvalue weighted by Gasteiger charge is 2.24. The van der Waals surface area contributed by atoms with Crippen molar-refractivity contribution < 1.29 is 0 Å². The van der Waals surface area contributed by atoms with Crippen LogP contribution in [0.15, 0.2) is 243 Å². The number of aromatic nitrogens is 4. The van der Waals surface area contributed by atoms with E-state index in [0.29, 0.717) is 17.5 Å². The Balaban J connectivity index is 1.11. The molecule has 0 amide bonds. The van der Waals surface area contributed by atoms with Crippen LogP contribution in [0.5, 0.6) is 0 Å². The molecule has 0 unspecified atom stereocenters. The predicted octanol–water partition coefficient (Wildman–Crippen LogP) is 16.4. The fourth-order valence-corrected chi connectivity index (χ4v) is 10.2. The van der Waals surface area contributed by atoms with Crippen LogP contribution in [0, 0.1) is 0 Å². The SMILES string of the molecule is c1ccc(-c2ccccc2-c2nc(-c3ccc(-c4cccc5ccccc45)cc3)nc(-c3cc(-n4c5ccccc5c5ccccc54)c(-c4cccc5ccccc45)c4ccccc34)n2)cc1. The average Bonchev–Trinajstić information content (AvgIpc) is 3.74. The monoisotopic (exact) mass is 852 g/mol. The minimum Gasteiger partial charge on any atom is -0.309 e. The van der Waals surface area contributed by atoms with Crippen molar-refractivity contribution in [3.8, 4) is 73.2 Å². The second kappa shape index (κ2) is 15.9. The quantitative estimate of drug-likeness (QED) is 0.160. The Labute approximate surface area is 387 Å². The van der Waals surface area contributed by atoms with Gasteiger partial charge in [0.05, 0.1) is 16.7 Å². The highest BCUT2D eigenvalue weighted by Crippen LogP contribution is 2.45. The maximum atomic E-state index is 5.50. The van der Waals surface area contributed by atoms with E-state index in [0.717, 1.165) is 72.0 Å². The first-order valence-electron chi connectivity index (χ1n) is 22.8. The van der Waals surface area contributed by atoms with Crippen molar-refractivity contribution in [2.24, 2.45) is 0 Å². The fraction of sp³-hybridized carbons (Fsp3) is 0. The molecule has 2 heterocycles. The number of para-hydroxylation sites is 2. The lowest BCUT2D eigenvalue weighted by atomic mass is 9.90. The number of fused-ring (bicyclic) bond motifs is 6. The van der Waals surface area contributed by atoms with Crippen molar-refractivity contribution in [2.75, 3.05) is 0 Å². The second-order valence-corrected chi connectivity index (χ2v) is 17.1. The molecule has 4 heteroatoms. The van der Waals surface area contributed by atoms with Gasteiger partial charge in [-0.1, -0.05) is 224 Å². The van der Waals surface area contributed by atoms with Crippen molar-refractivity contribution in [2.45, 2.75) is 0 Å². The lowest BCUT2D eigenvalue weighted by molar-refractivity contribution is 1.07. The molecule has 13 rings (SSSR count). The van der Waals surface area contributed by atoms with Gasteiger partial charge < -0.3 is 4.57 Å². The van der Waals surface area contributed by atoms with E-state index in [1.807, 2.05) is 0 Å². The molecule has 0 aliphatic rings. The van der Waals surface area contributed by atoms with Crippen LogP contribution >= 0.6 is 0 Å². The first-order chi connectivity index (χ1) is 33.2. The van der Waals surface area contributed by atoms with Gasteiger partial charge in [0, 0.05) is 33.0 Å². The summed E-state index contributed by atoms with van der Waals surface area (Å²) < 4.78 is 2.44. The topological polar surface area (TPSA) is 43.6 Å². The van der Waals surface area contributed by atoms with Crippen LogP contribution in [-0.4, -0.2) is 19.5 Å². The summed E-state index contributed by atoms with van der Waals surface area (Å²) in [6.07, 6.45) is 0. The summed E-state index contributed by atoms with van der Waals surface area (Å²) in [6.45, 7) is 0. The van der Waals surface area contributed by atoms with Gasteiger partial charge in [-0.3, -0.25) is 0 Å². The molecule has 0 aliphatic heterocycles. The molecule has 13 aromatic rings. The van der Waals surface area contributed by atoms with E-state index in [2.05, 4.69) is 247 Å². The Hall–Kier alpha value is -8.99. The molecule has 0 spiro atoms. The molecule has 0 saturated carbocycles. The zero-order valence-electron chi connectivity index (χ0n) is 36.4. The van der Waals surface area contributed by atoms with Crippen LogP contribution in [0.25, 0.3) is 127 Å². The average molecular weight is 853 g/mol. The molecule has 0 fully saturated rings. The summed E-state index contributed by atoms with van der Waals surface area (Å²) in [7, 11) is 0. The lowest BCUT2D eigenvalue weighted by Gasteiger charge is -2.21. The number of benzene rings is 11. The predicted molar refractivity (Wildman–Crippen MR) is 279 cm³/mol. The van der Waals surface area contributed by atoms with Crippen LogP contribution in [0.2, 0.25) is 0 Å². The summed E-state index contributed by atoms with van der Waals surface area (Å²) in [5.74, 6) is 1.81. The summed E-state index contributed by atoms with van der Waals surface area (Å²) in [6, 6.07) is 86.5. The molecule has 0 radical (unpaired) electrons. The Morgan fingerprint density at radius 3 is 1.36 bits per heavy atom. The first kappa shape index (κ1) is 38.5. The summed E-state index contributed by atoms with van der Waals surface area (Å²) >= 11 is 0. The highest BCUT2D eigenvalue weighted by molar-refractivity contribution is 6.15. The van der Waals surface area contributed by atoms with Gasteiger partial charge in [-0.05, 0) is 78.3 Å². The lowest BCUT2D eigenvalue weighted by Crippen LogP contribution is -2.04. The summed E-state index contributed by atoms with van der Waals surface area (Å²) in [4.78, 5) is 16.3. The van der Waals surface area contributed by atoms with Crippen LogP contribution < -0.4 is 0 Å². The van der Waals surface area contributed by atoms with Gasteiger partial charge in [-0.15, -0.1) is 0 Å². The molecule has 67 heavy (non-hydrogen) atoms. The van der Waals surface area contributed by atoms with Crippen molar-refractivity contribution >= 4 is 54.1 Å². The Morgan fingerprint density at radius 1 is 0.254 bits per heavy atom. The van der Waals surface area contributed by atoms with E-state index < -0.39 is 0 Å². The Kier molecular flexibility index (Phi) is 9.14. The second-order valence-electron chi connectivity index (χ2n) is 17.1. The van der Waals surface area contributed by atoms with E-state index in [9.17, 15) is 0 Å². The molecule has 0 N–H and O–H groups in total. The van der Waals surface area contributed by atoms with Gasteiger partial charge in [0.25, 0.3) is 0 Å². The number of hydrogen-bond donors (Lipinski definition) is 0. The fourth-order valence-electron chi connectivity index (χ4n) is 10.2. The largest absolute Gasteiger partial charge is 0.309 e. The third-order valence-electron chi connectivity index (χ3n) is 13.3.